The molecule has 5 rings (SSSR count). The van der Waals surface area contributed by atoms with E-state index in [0.29, 0.717) is 37.4 Å². The summed E-state index contributed by atoms with van der Waals surface area (Å²) in [5.41, 5.74) is 4.14. The van der Waals surface area contributed by atoms with E-state index in [0.717, 1.165) is 46.5 Å². The molecule has 2 amide bonds. The van der Waals surface area contributed by atoms with Crippen LogP contribution < -0.4 is 16.0 Å². The summed E-state index contributed by atoms with van der Waals surface area (Å²) in [4.78, 5) is 43.8. The quantitative estimate of drug-likeness (QED) is 0.287. The fraction of sp³-hybridized carbons (Fsp3) is 0.310. The predicted molar refractivity (Wildman–Crippen MR) is 152 cm³/mol. The van der Waals surface area contributed by atoms with Crippen molar-refractivity contribution in [2.24, 2.45) is 0 Å². The third-order valence-corrected chi connectivity index (χ3v) is 6.98. The first-order chi connectivity index (χ1) is 19.0. The Labute approximate surface area is 227 Å². The molecule has 10 nitrogen and oxygen atoms in total. The highest BCUT2D eigenvalue weighted by atomic mass is 16.2. The molecule has 1 atom stereocenters. The number of rotatable bonds is 10. The van der Waals surface area contributed by atoms with E-state index in [4.69, 9.17) is 0 Å². The summed E-state index contributed by atoms with van der Waals surface area (Å²) in [5.74, 6) is 1.68. The van der Waals surface area contributed by atoms with E-state index in [1.54, 1.807) is 25.5 Å². The molecule has 1 saturated heterocycles. The Balaban J connectivity index is 1.22. The molecule has 1 unspecified atom stereocenters. The van der Waals surface area contributed by atoms with Gasteiger partial charge in [0.2, 0.25) is 5.91 Å². The fourth-order valence-electron chi connectivity index (χ4n) is 4.82. The maximum atomic E-state index is 12.3. The van der Waals surface area contributed by atoms with Gasteiger partial charge in [-0.15, -0.1) is 0 Å². The molecule has 1 aliphatic heterocycles. The van der Waals surface area contributed by atoms with Crippen LogP contribution in [0.2, 0.25) is 0 Å². The lowest BCUT2D eigenvalue weighted by Crippen LogP contribution is -2.30. The van der Waals surface area contributed by atoms with Gasteiger partial charge in [0.1, 0.15) is 18.0 Å². The van der Waals surface area contributed by atoms with Crippen LogP contribution in [0, 0.1) is 0 Å². The number of para-hydroxylation sites is 1. The van der Waals surface area contributed by atoms with E-state index in [-0.39, 0.29) is 17.7 Å². The third-order valence-electron chi connectivity index (χ3n) is 6.98. The second kappa shape index (κ2) is 11.8. The SMILES string of the molecule is CNC(=O)c1ccnc2c(C(C)CNc3cc(-c4ccc(NCCN5CCCC5=O)nc4)ncn3)cccc12. The van der Waals surface area contributed by atoms with Gasteiger partial charge in [-0.2, -0.15) is 0 Å². The maximum Gasteiger partial charge on any atom is 0.251 e. The number of benzene rings is 1. The molecule has 0 aliphatic carbocycles. The molecule has 0 spiro atoms. The lowest BCUT2D eigenvalue weighted by Gasteiger charge is -2.16. The molecule has 1 fully saturated rings. The molecule has 0 saturated carbocycles. The molecule has 10 heteroatoms. The average Bonchev–Trinajstić information content (AvgIpc) is 3.39. The number of nitrogens with one attached hydrogen (secondary N) is 3. The van der Waals surface area contributed by atoms with Crippen molar-refractivity contribution in [2.75, 3.05) is 43.9 Å². The van der Waals surface area contributed by atoms with Crippen LogP contribution >= 0.6 is 0 Å². The number of amides is 2. The minimum absolute atomic E-state index is 0.113. The van der Waals surface area contributed by atoms with Gasteiger partial charge in [0.15, 0.2) is 0 Å². The summed E-state index contributed by atoms with van der Waals surface area (Å²) in [5, 5.41) is 10.2. The second-order valence-electron chi connectivity index (χ2n) is 9.59. The van der Waals surface area contributed by atoms with Gasteiger partial charge in [-0.05, 0) is 30.2 Å². The molecule has 3 N–H and O–H groups in total. The van der Waals surface area contributed by atoms with Gasteiger partial charge in [0.25, 0.3) is 5.91 Å². The molecule has 200 valence electrons. The normalized spacial score (nSPS) is 13.9. The number of carbonyl (C=O) groups excluding carboxylic acids is 2. The smallest absolute Gasteiger partial charge is 0.251 e. The number of carbonyl (C=O) groups is 2. The zero-order valence-corrected chi connectivity index (χ0v) is 22.1. The van der Waals surface area contributed by atoms with Crippen LogP contribution in [-0.2, 0) is 4.79 Å². The molecular formula is C29H32N8O2. The number of likely N-dealkylation sites (tertiary alicyclic amines) is 1. The van der Waals surface area contributed by atoms with E-state index in [9.17, 15) is 9.59 Å². The Morgan fingerprint density at radius 2 is 1.95 bits per heavy atom. The molecule has 39 heavy (non-hydrogen) atoms. The zero-order valence-electron chi connectivity index (χ0n) is 22.1. The average molecular weight is 525 g/mol. The number of pyridine rings is 2. The first-order valence-corrected chi connectivity index (χ1v) is 13.2. The van der Waals surface area contributed by atoms with Crippen molar-refractivity contribution in [3.63, 3.8) is 0 Å². The topological polar surface area (TPSA) is 125 Å². The molecule has 4 aromatic rings. The molecule has 0 radical (unpaired) electrons. The van der Waals surface area contributed by atoms with Crippen LogP contribution in [0.25, 0.3) is 22.2 Å². The van der Waals surface area contributed by atoms with Gasteiger partial charge >= 0.3 is 0 Å². The molecule has 1 aliphatic rings. The van der Waals surface area contributed by atoms with Crippen LogP contribution in [0.4, 0.5) is 11.6 Å². The number of fused-ring (bicyclic) bond motifs is 1. The van der Waals surface area contributed by atoms with E-state index < -0.39 is 0 Å². The second-order valence-corrected chi connectivity index (χ2v) is 9.59. The maximum absolute atomic E-state index is 12.3. The van der Waals surface area contributed by atoms with Crippen molar-refractivity contribution in [3.8, 4) is 11.3 Å². The Kier molecular flexibility index (Phi) is 7.91. The molecule has 1 aromatic carbocycles. The van der Waals surface area contributed by atoms with Crippen LogP contribution in [0.5, 0.6) is 0 Å². The van der Waals surface area contributed by atoms with Gasteiger partial charge in [-0.1, -0.05) is 25.1 Å². The summed E-state index contributed by atoms with van der Waals surface area (Å²) in [7, 11) is 1.63. The molecular weight excluding hydrogens is 492 g/mol. The van der Waals surface area contributed by atoms with Gasteiger partial charge < -0.3 is 20.9 Å². The number of anilines is 2. The highest BCUT2D eigenvalue weighted by molar-refractivity contribution is 6.06. The van der Waals surface area contributed by atoms with Crippen molar-refractivity contribution in [1.29, 1.82) is 0 Å². The number of hydrogen-bond donors (Lipinski definition) is 3. The summed E-state index contributed by atoms with van der Waals surface area (Å²) < 4.78 is 0. The molecule has 4 heterocycles. The van der Waals surface area contributed by atoms with Crippen molar-refractivity contribution in [1.82, 2.24) is 30.2 Å². The first kappa shape index (κ1) is 26.0. The number of aromatic nitrogens is 4. The molecule has 3 aromatic heterocycles. The summed E-state index contributed by atoms with van der Waals surface area (Å²) in [6, 6.07) is 13.5. The van der Waals surface area contributed by atoms with Gasteiger partial charge in [0.05, 0.1) is 16.8 Å². The van der Waals surface area contributed by atoms with E-state index in [1.807, 2.05) is 41.3 Å². The zero-order chi connectivity index (χ0) is 27.2. The summed E-state index contributed by atoms with van der Waals surface area (Å²) >= 11 is 0. The van der Waals surface area contributed by atoms with Crippen LogP contribution in [-0.4, -0.2) is 69.9 Å². The summed E-state index contributed by atoms with van der Waals surface area (Å²) in [6.45, 7) is 4.94. The minimum Gasteiger partial charge on any atom is -0.369 e. The van der Waals surface area contributed by atoms with Crippen molar-refractivity contribution in [3.05, 3.63) is 72.3 Å². The highest BCUT2D eigenvalue weighted by Crippen LogP contribution is 2.27. The minimum atomic E-state index is -0.129. The van der Waals surface area contributed by atoms with Gasteiger partial charge in [-0.25, -0.2) is 15.0 Å². The van der Waals surface area contributed by atoms with Crippen molar-refractivity contribution in [2.45, 2.75) is 25.7 Å². The molecule has 0 bridgehead atoms. The standard InChI is InChI=1S/C29H32N8O2/c1-19(21-5-3-6-22-23(29(39)30-2)10-11-32-28(21)22)16-33-26-15-24(35-18-36-26)20-8-9-25(34-17-20)31-12-14-37-13-4-7-27(37)38/h3,5-6,8-11,15,17-19H,4,7,12-14,16H2,1-2H3,(H,30,39)(H,31,34)(H,33,35,36). The van der Waals surface area contributed by atoms with Gasteiger partial charge in [-0.3, -0.25) is 14.6 Å². The number of hydrogen-bond acceptors (Lipinski definition) is 8. The third kappa shape index (κ3) is 5.95. The highest BCUT2D eigenvalue weighted by Gasteiger charge is 2.19. The van der Waals surface area contributed by atoms with Gasteiger partial charge in [0, 0.05) is 75.0 Å². The lowest BCUT2D eigenvalue weighted by atomic mass is 9.96. The Hall–Kier alpha value is -4.60. The van der Waals surface area contributed by atoms with Crippen LogP contribution in [0.3, 0.4) is 0 Å². The van der Waals surface area contributed by atoms with Crippen molar-refractivity contribution >= 4 is 34.4 Å². The summed E-state index contributed by atoms with van der Waals surface area (Å²) in [6.07, 6.45) is 6.60. The predicted octanol–water partition coefficient (Wildman–Crippen LogP) is 3.70. The fourth-order valence-corrected chi connectivity index (χ4v) is 4.82. The van der Waals surface area contributed by atoms with Crippen molar-refractivity contribution < 1.29 is 9.59 Å². The number of nitrogens with zero attached hydrogens (tertiary/aromatic N) is 5. The Morgan fingerprint density at radius 3 is 2.72 bits per heavy atom. The van der Waals surface area contributed by atoms with E-state index in [2.05, 4.69) is 42.8 Å². The van der Waals surface area contributed by atoms with E-state index in [1.165, 1.54) is 6.33 Å². The Morgan fingerprint density at radius 1 is 1.05 bits per heavy atom. The Bertz CT molecular complexity index is 1470. The monoisotopic (exact) mass is 524 g/mol. The van der Waals surface area contributed by atoms with Crippen LogP contribution in [0.1, 0.15) is 41.6 Å². The first-order valence-electron chi connectivity index (χ1n) is 13.2. The van der Waals surface area contributed by atoms with E-state index >= 15 is 0 Å². The largest absolute Gasteiger partial charge is 0.369 e. The lowest BCUT2D eigenvalue weighted by molar-refractivity contribution is -0.127. The van der Waals surface area contributed by atoms with Crippen LogP contribution in [0.15, 0.2) is 61.2 Å².